The average molecular weight is 728 g/mol. The number of benzene rings is 1. The maximum atomic E-state index is 13.0. The van der Waals surface area contributed by atoms with Crippen molar-refractivity contribution in [3.05, 3.63) is 52.3 Å². The third-order valence-electron chi connectivity index (χ3n) is 11.1. The van der Waals surface area contributed by atoms with Crippen molar-refractivity contribution in [2.24, 2.45) is 5.41 Å². The summed E-state index contributed by atoms with van der Waals surface area (Å²) in [5, 5.41) is 10.6. The second kappa shape index (κ2) is 15.0. The van der Waals surface area contributed by atoms with E-state index in [0.717, 1.165) is 112 Å². The SMILES string of the molecule is Cc1nc(C)c(C(OC(C)(C)C)C(=O)O)c(N2CCC(C)(C)CC2)c1-c1ccc2c(c1)CCN(c1cc(N3CCOCC3)nc(N3CCOCC3)n1)C2. The van der Waals surface area contributed by atoms with Gasteiger partial charge in [-0.05, 0) is 76.0 Å². The van der Waals surface area contributed by atoms with Crippen LogP contribution in [0.15, 0.2) is 24.3 Å². The second-order valence-electron chi connectivity index (χ2n) is 16.8. The van der Waals surface area contributed by atoms with Crippen molar-refractivity contribution in [1.29, 1.82) is 0 Å². The van der Waals surface area contributed by atoms with Crippen molar-refractivity contribution in [1.82, 2.24) is 15.0 Å². The smallest absolute Gasteiger partial charge is 0.337 e. The molecular formula is C41H57N7O5. The van der Waals surface area contributed by atoms with E-state index in [9.17, 15) is 9.90 Å². The molecule has 286 valence electrons. The number of hydrogen-bond donors (Lipinski definition) is 1. The Morgan fingerprint density at radius 3 is 2.04 bits per heavy atom. The minimum atomic E-state index is -1.14. The molecule has 2 aromatic heterocycles. The lowest BCUT2D eigenvalue weighted by molar-refractivity contribution is -0.160. The number of rotatable bonds is 8. The van der Waals surface area contributed by atoms with E-state index >= 15 is 0 Å². The predicted octanol–water partition coefficient (Wildman–Crippen LogP) is 5.96. The normalized spacial score (nSPS) is 20.0. The van der Waals surface area contributed by atoms with Gasteiger partial charge in [0.1, 0.15) is 11.6 Å². The topological polar surface area (TPSA) is 117 Å². The van der Waals surface area contributed by atoms with Crippen LogP contribution in [0.1, 0.15) is 81.6 Å². The molecular weight excluding hydrogens is 670 g/mol. The van der Waals surface area contributed by atoms with Gasteiger partial charge in [0.05, 0.1) is 37.7 Å². The Balaban J connectivity index is 1.25. The fourth-order valence-electron chi connectivity index (χ4n) is 8.09. The number of aromatic nitrogens is 3. The van der Waals surface area contributed by atoms with E-state index in [-0.39, 0.29) is 5.41 Å². The van der Waals surface area contributed by atoms with Gasteiger partial charge in [-0.15, -0.1) is 0 Å². The predicted molar refractivity (Wildman–Crippen MR) is 208 cm³/mol. The monoisotopic (exact) mass is 727 g/mol. The van der Waals surface area contributed by atoms with Crippen molar-refractivity contribution in [2.45, 2.75) is 86.0 Å². The number of nitrogens with zero attached hydrogens (tertiary/aromatic N) is 7. The van der Waals surface area contributed by atoms with E-state index in [4.69, 9.17) is 29.2 Å². The zero-order valence-electron chi connectivity index (χ0n) is 32.7. The van der Waals surface area contributed by atoms with Crippen LogP contribution >= 0.6 is 0 Å². The Hall–Kier alpha value is -4.00. The molecule has 1 atom stereocenters. The molecule has 12 heteroatoms. The Morgan fingerprint density at radius 2 is 1.42 bits per heavy atom. The number of aryl methyl sites for hydroxylation is 2. The Bertz CT molecular complexity index is 1770. The van der Waals surface area contributed by atoms with Crippen LogP contribution in [0, 0.1) is 19.3 Å². The van der Waals surface area contributed by atoms with Crippen molar-refractivity contribution >= 4 is 29.2 Å². The van der Waals surface area contributed by atoms with Crippen LogP contribution in [0.2, 0.25) is 0 Å². The van der Waals surface area contributed by atoms with E-state index < -0.39 is 17.7 Å². The first-order valence-electron chi connectivity index (χ1n) is 19.3. The molecule has 7 rings (SSSR count). The third-order valence-corrected chi connectivity index (χ3v) is 11.1. The van der Waals surface area contributed by atoms with E-state index in [2.05, 4.69) is 64.6 Å². The first-order valence-corrected chi connectivity index (χ1v) is 19.3. The van der Waals surface area contributed by atoms with Gasteiger partial charge in [-0.3, -0.25) is 4.98 Å². The lowest BCUT2D eigenvalue weighted by Crippen LogP contribution is -2.40. The fraction of sp³-hybridized carbons (Fsp3) is 0.610. The lowest BCUT2D eigenvalue weighted by Gasteiger charge is -2.41. The summed E-state index contributed by atoms with van der Waals surface area (Å²) >= 11 is 0. The summed E-state index contributed by atoms with van der Waals surface area (Å²) in [5.41, 5.74) is 7.41. The highest BCUT2D eigenvalue weighted by Crippen LogP contribution is 2.45. The summed E-state index contributed by atoms with van der Waals surface area (Å²) in [4.78, 5) is 37.4. The molecule has 0 bridgehead atoms. The lowest BCUT2D eigenvalue weighted by atomic mass is 9.81. The first kappa shape index (κ1) is 37.3. The molecule has 1 aromatic carbocycles. The summed E-state index contributed by atoms with van der Waals surface area (Å²) in [6.45, 7) is 23.5. The van der Waals surface area contributed by atoms with Gasteiger partial charge in [0.25, 0.3) is 0 Å². The summed E-state index contributed by atoms with van der Waals surface area (Å²) in [7, 11) is 0. The summed E-state index contributed by atoms with van der Waals surface area (Å²) in [5.74, 6) is 1.65. The Morgan fingerprint density at radius 1 is 0.792 bits per heavy atom. The number of ether oxygens (including phenoxy) is 3. The van der Waals surface area contributed by atoms with Crippen LogP contribution in [0.4, 0.5) is 23.3 Å². The minimum Gasteiger partial charge on any atom is -0.479 e. The van der Waals surface area contributed by atoms with Crippen LogP contribution in [0.25, 0.3) is 11.1 Å². The molecule has 0 aliphatic carbocycles. The molecule has 3 fully saturated rings. The molecule has 0 radical (unpaired) electrons. The van der Waals surface area contributed by atoms with Crippen LogP contribution in [0.5, 0.6) is 0 Å². The molecule has 0 saturated carbocycles. The van der Waals surface area contributed by atoms with Crippen molar-refractivity contribution in [3.8, 4) is 11.1 Å². The highest BCUT2D eigenvalue weighted by molar-refractivity contribution is 5.88. The number of morpholine rings is 2. The molecule has 4 aliphatic heterocycles. The zero-order valence-corrected chi connectivity index (χ0v) is 32.7. The number of carbonyl (C=O) groups is 1. The Labute approximate surface area is 314 Å². The number of carboxylic acids is 1. The van der Waals surface area contributed by atoms with Crippen molar-refractivity contribution < 1.29 is 24.1 Å². The van der Waals surface area contributed by atoms with Gasteiger partial charge >= 0.3 is 5.97 Å². The number of anilines is 4. The number of fused-ring (bicyclic) bond motifs is 1. The van der Waals surface area contributed by atoms with E-state index in [1.165, 1.54) is 11.1 Å². The fourth-order valence-corrected chi connectivity index (χ4v) is 8.09. The van der Waals surface area contributed by atoms with Crippen LogP contribution in [0.3, 0.4) is 0 Å². The van der Waals surface area contributed by atoms with E-state index in [0.29, 0.717) is 37.7 Å². The third kappa shape index (κ3) is 8.24. The van der Waals surface area contributed by atoms with Gasteiger partial charge in [0.2, 0.25) is 5.95 Å². The highest BCUT2D eigenvalue weighted by Gasteiger charge is 2.37. The molecule has 0 spiro atoms. The number of piperidine rings is 1. The summed E-state index contributed by atoms with van der Waals surface area (Å²) in [6.07, 6.45) is 1.76. The molecule has 3 saturated heterocycles. The van der Waals surface area contributed by atoms with Crippen LogP contribution in [-0.4, -0.2) is 104 Å². The molecule has 1 unspecified atom stereocenters. The Kier molecular flexibility index (Phi) is 10.6. The zero-order chi connectivity index (χ0) is 37.5. The number of carboxylic acid groups (broad SMARTS) is 1. The van der Waals surface area contributed by atoms with E-state index in [1.54, 1.807) is 0 Å². The molecule has 53 heavy (non-hydrogen) atoms. The summed E-state index contributed by atoms with van der Waals surface area (Å²) in [6, 6.07) is 8.89. The maximum absolute atomic E-state index is 13.0. The highest BCUT2D eigenvalue weighted by atomic mass is 16.5. The minimum absolute atomic E-state index is 0.231. The largest absolute Gasteiger partial charge is 0.479 e. The molecule has 3 aromatic rings. The molecule has 6 heterocycles. The standard InChI is InChI=1S/C41H57N7O5/c1-27-34(36(46-14-11-41(6,7)12-15-46)35(28(2)42-27)37(38(49)50)53-40(3,4)5)30-8-9-31-26-48(13-10-29(31)24-30)33-25-32(45-16-20-51-21-17-45)43-39(44-33)47-18-22-52-23-19-47/h8-9,24-25,37H,10-23,26H2,1-7H3,(H,49,50). The van der Waals surface area contributed by atoms with Crippen LogP contribution in [-0.2, 0) is 32.0 Å². The summed E-state index contributed by atoms with van der Waals surface area (Å²) < 4.78 is 17.6. The van der Waals surface area contributed by atoms with E-state index in [1.807, 2.05) is 27.7 Å². The van der Waals surface area contributed by atoms with Gasteiger partial charge in [-0.2, -0.15) is 9.97 Å². The number of pyridine rings is 1. The van der Waals surface area contributed by atoms with Crippen molar-refractivity contribution in [2.75, 3.05) is 91.8 Å². The number of hydrogen-bond acceptors (Lipinski definition) is 11. The van der Waals surface area contributed by atoms with Crippen molar-refractivity contribution in [3.63, 3.8) is 0 Å². The first-order chi connectivity index (χ1) is 25.3. The molecule has 4 aliphatic rings. The quantitative estimate of drug-likeness (QED) is 0.295. The average Bonchev–Trinajstić information content (AvgIpc) is 3.13. The van der Waals surface area contributed by atoms with Gasteiger partial charge in [-0.25, -0.2) is 4.79 Å². The van der Waals surface area contributed by atoms with Gasteiger partial charge in [0.15, 0.2) is 6.10 Å². The molecule has 12 nitrogen and oxygen atoms in total. The molecule has 0 amide bonds. The second-order valence-corrected chi connectivity index (χ2v) is 16.8. The van der Waals surface area contributed by atoms with Gasteiger partial charge < -0.3 is 38.9 Å². The van der Waals surface area contributed by atoms with Crippen LogP contribution < -0.4 is 19.6 Å². The maximum Gasteiger partial charge on any atom is 0.337 e. The van der Waals surface area contributed by atoms with Gasteiger partial charge in [-0.1, -0.05) is 32.0 Å². The molecule has 1 N–H and O–H groups in total. The van der Waals surface area contributed by atoms with Gasteiger partial charge in [0, 0.05) is 80.9 Å². The number of aliphatic carboxylic acids is 1.